The summed E-state index contributed by atoms with van der Waals surface area (Å²) in [5, 5.41) is 4.39. The zero-order chi connectivity index (χ0) is 19.4. The number of benzene rings is 2. The van der Waals surface area contributed by atoms with Gasteiger partial charge in [0.2, 0.25) is 0 Å². The van der Waals surface area contributed by atoms with Gasteiger partial charge in [0.15, 0.2) is 0 Å². The summed E-state index contributed by atoms with van der Waals surface area (Å²) in [5.74, 6) is -0.476. The number of halogens is 1. The van der Waals surface area contributed by atoms with Crippen LogP contribution in [0.15, 0.2) is 53.1 Å². The minimum absolute atomic E-state index is 0.192. The van der Waals surface area contributed by atoms with Crippen molar-refractivity contribution in [3.8, 4) is 17.0 Å². The van der Waals surface area contributed by atoms with Gasteiger partial charge in [0.05, 0.1) is 17.2 Å². The Bertz CT molecular complexity index is 978. The lowest BCUT2D eigenvalue weighted by molar-refractivity contribution is 0.0526. The third-order valence-electron chi connectivity index (χ3n) is 3.77. The first-order valence-corrected chi connectivity index (χ1v) is 8.59. The van der Waals surface area contributed by atoms with Gasteiger partial charge in [-0.15, -0.1) is 0 Å². The van der Waals surface area contributed by atoms with Crippen LogP contribution in [-0.4, -0.2) is 23.7 Å². The maximum absolute atomic E-state index is 12.7. The molecule has 0 radical (unpaired) electrons. The summed E-state index contributed by atoms with van der Waals surface area (Å²) in [6, 6.07) is 13.1. The van der Waals surface area contributed by atoms with Crippen LogP contribution in [0.1, 0.15) is 33.4 Å². The number of aryl methyl sites for hydroxylation is 1. The highest BCUT2D eigenvalue weighted by molar-refractivity contribution is 6.33. The van der Waals surface area contributed by atoms with E-state index in [-0.39, 0.29) is 17.9 Å². The van der Waals surface area contributed by atoms with Crippen LogP contribution in [-0.2, 0) is 4.74 Å². The molecule has 6 nitrogen and oxygen atoms in total. The molecule has 0 saturated carbocycles. The quantitative estimate of drug-likeness (QED) is 0.468. The van der Waals surface area contributed by atoms with E-state index in [1.807, 2.05) is 0 Å². The second kappa shape index (κ2) is 8.05. The Kier molecular flexibility index (Phi) is 5.57. The summed E-state index contributed by atoms with van der Waals surface area (Å²) in [5.41, 5.74) is 1.44. The van der Waals surface area contributed by atoms with Crippen LogP contribution in [0.2, 0.25) is 5.02 Å². The number of esters is 2. The van der Waals surface area contributed by atoms with Gasteiger partial charge in [0.25, 0.3) is 0 Å². The van der Waals surface area contributed by atoms with E-state index in [1.165, 1.54) is 24.3 Å². The highest BCUT2D eigenvalue weighted by atomic mass is 35.5. The fourth-order valence-corrected chi connectivity index (χ4v) is 2.71. The van der Waals surface area contributed by atoms with E-state index >= 15 is 0 Å². The van der Waals surface area contributed by atoms with E-state index < -0.39 is 11.9 Å². The van der Waals surface area contributed by atoms with Gasteiger partial charge < -0.3 is 14.0 Å². The monoisotopic (exact) mass is 385 g/mol. The number of rotatable bonds is 5. The molecule has 0 aliphatic carbocycles. The second-order valence-electron chi connectivity index (χ2n) is 5.58. The predicted octanol–water partition coefficient (Wildman–Crippen LogP) is 4.70. The zero-order valence-corrected chi connectivity index (χ0v) is 15.4. The van der Waals surface area contributed by atoms with Crippen LogP contribution < -0.4 is 4.74 Å². The van der Waals surface area contributed by atoms with E-state index in [1.54, 1.807) is 38.1 Å². The second-order valence-corrected chi connectivity index (χ2v) is 5.98. The molecule has 7 heteroatoms. The van der Waals surface area contributed by atoms with E-state index in [2.05, 4.69) is 5.16 Å². The number of carbonyl (C=O) groups excluding carboxylic acids is 2. The highest BCUT2D eigenvalue weighted by Gasteiger charge is 2.24. The lowest BCUT2D eigenvalue weighted by Gasteiger charge is -2.07. The molecule has 0 saturated heterocycles. The summed E-state index contributed by atoms with van der Waals surface area (Å²) in [6.45, 7) is 3.63. The van der Waals surface area contributed by atoms with Gasteiger partial charge in [-0.1, -0.05) is 35.0 Å². The maximum atomic E-state index is 12.7. The van der Waals surface area contributed by atoms with Crippen LogP contribution >= 0.6 is 11.6 Å². The molecule has 0 bridgehead atoms. The van der Waals surface area contributed by atoms with Gasteiger partial charge >= 0.3 is 11.9 Å². The molecule has 3 rings (SSSR count). The van der Waals surface area contributed by atoms with Gasteiger partial charge in [-0.2, -0.15) is 0 Å². The Balaban J connectivity index is 1.84. The first kappa shape index (κ1) is 18.7. The molecule has 138 valence electrons. The zero-order valence-electron chi connectivity index (χ0n) is 14.7. The van der Waals surface area contributed by atoms with Gasteiger partial charge in [-0.25, -0.2) is 9.59 Å². The van der Waals surface area contributed by atoms with Gasteiger partial charge in [-0.3, -0.25) is 0 Å². The largest absolute Gasteiger partial charge is 0.462 e. The topological polar surface area (TPSA) is 78.6 Å². The van der Waals surface area contributed by atoms with Crippen molar-refractivity contribution in [1.82, 2.24) is 5.16 Å². The van der Waals surface area contributed by atoms with E-state index in [9.17, 15) is 9.59 Å². The fourth-order valence-electron chi connectivity index (χ4n) is 2.48. The molecule has 1 aromatic heterocycles. The van der Waals surface area contributed by atoms with Crippen molar-refractivity contribution in [2.75, 3.05) is 6.61 Å². The molecule has 0 aliphatic heterocycles. The van der Waals surface area contributed by atoms with Gasteiger partial charge in [0.1, 0.15) is 22.8 Å². The highest BCUT2D eigenvalue weighted by Crippen LogP contribution is 2.31. The Labute approximate surface area is 160 Å². The first-order chi connectivity index (χ1) is 13.0. The summed E-state index contributed by atoms with van der Waals surface area (Å²) < 4.78 is 15.5. The molecule has 0 spiro atoms. The lowest BCUT2D eigenvalue weighted by atomic mass is 10.1. The standard InChI is InChI=1S/C20H16ClNO5/c1-3-25-19(23)13-8-10-14(11-9-13)26-20(24)17-12(2)27-22-18(17)15-6-4-5-7-16(15)21/h4-11H,3H2,1-2H3. The maximum Gasteiger partial charge on any atom is 0.349 e. The smallest absolute Gasteiger partial charge is 0.349 e. The molecular weight excluding hydrogens is 370 g/mol. The molecule has 0 aliphatic rings. The van der Waals surface area contributed by atoms with Crippen molar-refractivity contribution >= 4 is 23.5 Å². The number of aromatic nitrogens is 1. The Morgan fingerprint density at radius 2 is 1.78 bits per heavy atom. The summed E-state index contributed by atoms with van der Waals surface area (Å²) in [6.07, 6.45) is 0. The molecule has 1 heterocycles. The molecule has 0 fully saturated rings. The van der Waals surface area contributed by atoms with Crippen molar-refractivity contribution < 1.29 is 23.6 Å². The van der Waals surface area contributed by atoms with Crippen LogP contribution in [0.3, 0.4) is 0 Å². The molecule has 2 aromatic carbocycles. The van der Waals surface area contributed by atoms with E-state index in [0.29, 0.717) is 27.6 Å². The lowest BCUT2D eigenvalue weighted by Crippen LogP contribution is -2.11. The van der Waals surface area contributed by atoms with Crippen molar-refractivity contribution in [3.63, 3.8) is 0 Å². The van der Waals surface area contributed by atoms with Crippen LogP contribution in [0, 0.1) is 6.92 Å². The normalized spacial score (nSPS) is 10.5. The first-order valence-electron chi connectivity index (χ1n) is 8.21. The summed E-state index contributed by atoms with van der Waals surface area (Å²) in [4.78, 5) is 24.3. The Hall–Kier alpha value is -3.12. The third-order valence-corrected chi connectivity index (χ3v) is 4.10. The Morgan fingerprint density at radius 3 is 2.44 bits per heavy atom. The Morgan fingerprint density at radius 1 is 1.07 bits per heavy atom. The van der Waals surface area contributed by atoms with E-state index in [0.717, 1.165) is 0 Å². The molecule has 0 atom stereocenters. The average Bonchev–Trinajstić information content (AvgIpc) is 3.04. The van der Waals surface area contributed by atoms with Crippen molar-refractivity contribution in [2.45, 2.75) is 13.8 Å². The van der Waals surface area contributed by atoms with Crippen LogP contribution in [0.5, 0.6) is 5.75 Å². The van der Waals surface area contributed by atoms with Crippen molar-refractivity contribution in [3.05, 3.63) is 70.4 Å². The number of carbonyl (C=O) groups is 2. The molecule has 0 amide bonds. The molecule has 3 aromatic rings. The molecule has 27 heavy (non-hydrogen) atoms. The van der Waals surface area contributed by atoms with Crippen LogP contribution in [0.25, 0.3) is 11.3 Å². The molecule has 0 N–H and O–H groups in total. The molecule has 0 unspecified atom stereocenters. The van der Waals surface area contributed by atoms with E-state index in [4.69, 9.17) is 25.6 Å². The number of nitrogens with zero attached hydrogens (tertiary/aromatic N) is 1. The predicted molar refractivity (Wildman–Crippen MR) is 99.0 cm³/mol. The van der Waals surface area contributed by atoms with Gasteiger partial charge in [-0.05, 0) is 44.2 Å². The fraction of sp³-hybridized carbons (Fsp3) is 0.150. The minimum Gasteiger partial charge on any atom is -0.462 e. The summed E-state index contributed by atoms with van der Waals surface area (Å²) in [7, 11) is 0. The van der Waals surface area contributed by atoms with Crippen LogP contribution in [0.4, 0.5) is 0 Å². The number of hydrogen-bond acceptors (Lipinski definition) is 6. The minimum atomic E-state index is -0.632. The van der Waals surface area contributed by atoms with Crippen molar-refractivity contribution in [1.29, 1.82) is 0 Å². The van der Waals surface area contributed by atoms with Gasteiger partial charge in [0, 0.05) is 5.56 Å². The number of hydrogen-bond donors (Lipinski definition) is 0. The SMILES string of the molecule is CCOC(=O)c1ccc(OC(=O)c2c(-c3ccccc3Cl)noc2C)cc1. The summed E-state index contributed by atoms with van der Waals surface area (Å²) >= 11 is 6.20. The molecular formula is C20H16ClNO5. The van der Waals surface area contributed by atoms with Crippen molar-refractivity contribution in [2.24, 2.45) is 0 Å². The number of ether oxygens (including phenoxy) is 2. The third kappa shape index (κ3) is 4.01. The average molecular weight is 386 g/mol.